The lowest BCUT2D eigenvalue weighted by molar-refractivity contribution is -0.142. The van der Waals surface area contributed by atoms with Gasteiger partial charge >= 0.3 is 5.97 Å². The van der Waals surface area contributed by atoms with Crippen LogP contribution in [-0.4, -0.2) is 45.0 Å². The molecule has 3 N–H and O–H groups in total. The van der Waals surface area contributed by atoms with E-state index in [1.54, 1.807) is 24.5 Å². The van der Waals surface area contributed by atoms with Crippen LogP contribution in [0.4, 0.5) is 0 Å². The zero-order valence-electron chi connectivity index (χ0n) is 10.5. The second kappa shape index (κ2) is 7.10. The van der Waals surface area contributed by atoms with Crippen LogP contribution in [0.5, 0.6) is 0 Å². The molecule has 1 unspecified atom stereocenters. The molecule has 1 heterocycles. The Morgan fingerprint density at radius 3 is 2.63 bits per heavy atom. The highest BCUT2D eigenvalue weighted by Gasteiger charge is 2.24. The number of carbonyl (C=O) groups is 2. The van der Waals surface area contributed by atoms with Crippen molar-refractivity contribution in [1.29, 1.82) is 0 Å². The van der Waals surface area contributed by atoms with E-state index in [9.17, 15) is 14.7 Å². The third kappa shape index (κ3) is 6.78. The Bertz CT molecular complexity index is 437. The molecule has 0 aliphatic heterocycles. The Hall–Kier alpha value is -1.60. The zero-order chi connectivity index (χ0) is 14.3. The lowest BCUT2D eigenvalue weighted by Crippen LogP contribution is -2.42. The normalized spacial score (nSPS) is 13.6. The van der Waals surface area contributed by atoms with Gasteiger partial charge in [0.05, 0.1) is 17.8 Å². The molecule has 7 heteroatoms. The molecule has 0 fully saturated rings. The van der Waals surface area contributed by atoms with Crippen molar-refractivity contribution in [2.75, 3.05) is 12.3 Å². The Balaban J connectivity index is 2.30. The molecular weight excluding hydrogens is 268 g/mol. The highest BCUT2D eigenvalue weighted by molar-refractivity contribution is 8.00. The predicted octanol–water partition coefficient (Wildman–Crippen LogP) is 0.516. The lowest BCUT2D eigenvalue weighted by atomic mass is 10.0. The largest absolute Gasteiger partial charge is 0.481 e. The molecule has 104 valence electrons. The highest BCUT2D eigenvalue weighted by atomic mass is 32.2. The number of aliphatic carboxylic acids is 1. The Morgan fingerprint density at radius 1 is 1.42 bits per heavy atom. The highest BCUT2D eigenvalue weighted by Crippen LogP contribution is 2.15. The topological polar surface area (TPSA) is 99.5 Å². The summed E-state index contributed by atoms with van der Waals surface area (Å²) < 4.78 is 0. The quantitative estimate of drug-likeness (QED) is 0.631. The molecule has 0 bridgehead atoms. The maximum absolute atomic E-state index is 11.5. The summed E-state index contributed by atoms with van der Waals surface area (Å²) in [5.41, 5.74) is -1.44. The first-order valence-corrected chi connectivity index (χ1v) is 6.61. The molecular formula is C12H16N2O4S. The fourth-order valence-electron chi connectivity index (χ4n) is 1.31. The first-order chi connectivity index (χ1) is 8.89. The molecule has 0 saturated carbocycles. The fourth-order valence-corrected chi connectivity index (χ4v) is 2.03. The molecule has 19 heavy (non-hydrogen) atoms. The van der Waals surface area contributed by atoms with Crippen LogP contribution >= 0.6 is 11.8 Å². The average Bonchev–Trinajstić information content (AvgIpc) is 2.34. The van der Waals surface area contributed by atoms with Gasteiger partial charge in [0, 0.05) is 23.8 Å². The van der Waals surface area contributed by atoms with Crippen molar-refractivity contribution in [3.05, 3.63) is 24.5 Å². The van der Waals surface area contributed by atoms with E-state index >= 15 is 0 Å². The van der Waals surface area contributed by atoms with E-state index in [0.29, 0.717) is 0 Å². The Labute approximate surface area is 115 Å². The van der Waals surface area contributed by atoms with Gasteiger partial charge in [-0.05, 0) is 19.1 Å². The molecule has 6 nitrogen and oxygen atoms in total. The average molecular weight is 284 g/mol. The number of carboxylic acid groups (broad SMARTS) is 1. The van der Waals surface area contributed by atoms with Crippen LogP contribution < -0.4 is 5.32 Å². The van der Waals surface area contributed by atoms with Crippen LogP contribution in [0.1, 0.15) is 13.3 Å². The predicted molar refractivity (Wildman–Crippen MR) is 70.8 cm³/mol. The van der Waals surface area contributed by atoms with Gasteiger partial charge in [-0.25, -0.2) is 0 Å². The summed E-state index contributed by atoms with van der Waals surface area (Å²) in [4.78, 5) is 26.8. The van der Waals surface area contributed by atoms with Gasteiger partial charge < -0.3 is 15.5 Å². The minimum absolute atomic E-state index is 0.0883. The molecule has 0 aromatic carbocycles. The number of thioether (sulfide) groups is 1. The molecule has 1 aromatic rings. The van der Waals surface area contributed by atoms with Crippen LogP contribution in [0.25, 0.3) is 0 Å². The molecule has 0 spiro atoms. The van der Waals surface area contributed by atoms with Crippen molar-refractivity contribution in [2.45, 2.75) is 23.8 Å². The van der Waals surface area contributed by atoms with E-state index < -0.39 is 18.0 Å². The standard InChI is InChI=1S/C12H16N2O4S/c1-12(18,6-11(16)17)8-14-10(15)7-19-9-2-4-13-5-3-9/h2-5,18H,6-8H2,1H3,(H,14,15)(H,16,17). The van der Waals surface area contributed by atoms with Crippen molar-refractivity contribution in [2.24, 2.45) is 0 Å². The van der Waals surface area contributed by atoms with Crippen molar-refractivity contribution in [3.8, 4) is 0 Å². The van der Waals surface area contributed by atoms with Gasteiger partial charge in [0.25, 0.3) is 0 Å². The van der Waals surface area contributed by atoms with Crippen molar-refractivity contribution in [3.63, 3.8) is 0 Å². The maximum Gasteiger partial charge on any atom is 0.306 e. The van der Waals surface area contributed by atoms with E-state index in [0.717, 1.165) is 4.90 Å². The first kappa shape index (κ1) is 15.5. The van der Waals surface area contributed by atoms with Crippen LogP contribution in [-0.2, 0) is 9.59 Å². The zero-order valence-corrected chi connectivity index (χ0v) is 11.3. The Kier molecular flexibility index (Phi) is 5.78. The van der Waals surface area contributed by atoms with Gasteiger partial charge in [0.15, 0.2) is 0 Å². The SMILES string of the molecule is CC(O)(CNC(=O)CSc1ccncc1)CC(=O)O. The maximum atomic E-state index is 11.5. The number of aromatic nitrogens is 1. The summed E-state index contributed by atoms with van der Waals surface area (Å²) in [5.74, 6) is -1.16. The number of amides is 1. The second-order valence-electron chi connectivity index (χ2n) is 4.32. The molecule has 1 atom stereocenters. The molecule has 0 saturated heterocycles. The first-order valence-electron chi connectivity index (χ1n) is 5.63. The number of nitrogens with one attached hydrogen (secondary N) is 1. The smallest absolute Gasteiger partial charge is 0.306 e. The van der Waals surface area contributed by atoms with Crippen LogP contribution in [0.3, 0.4) is 0 Å². The molecule has 1 amide bonds. The van der Waals surface area contributed by atoms with Gasteiger partial charge in [-0.1, -0.05) is 0 Å². The second-order valence-corrected chi connectivity index (χ2v) is 5.36. The van der Waals surface area contributed by atoms with E-state index in [-0.39, 0.29) is 18.2 Å². The van der Waals surface area contributed by atoms with Gasteiger partial charge in [-0.3, -0.25) is 14.6 Å². The van der Waals surface area contributed by atoms with Crippen LogP contribution in [0.15, 0.2) is 29.4 Å². The van der Waals surface area contributed by atoms with E-state index in [2.05, 4.69) is 10.3 Å². The minimum Gasteiger partial charge on any atom is -0.481 e. The molecule has 0 aliphatic carbocycles. The van der Waals surface area contributed by atoms with Gasteiger partial charge in [0.2, 0.25) is 5.91 Å². The van der Waals surface area contributed by atoms with Crippen molar-refractivity contribution < 1.29 is 19.8 Å². The Morgan fingerprint density at radius 2 is 2.05 bits per heavy atom. The molecule has 0 radical (unpaired) electrons. The summed E-state index contributed by atoms with van der Waals surface area (Å²) in [6.45, 7) is 1.28. The molecule has 1 aromatic heterocycles. The van der Waals surface area contributed by atoms with Crippen LogP contribution in [0.2, 0.25) is 0 Å². The van der Waals surface area contributed by atoms with Gasteiger partial charge in [-0.15, -0.1) is 11.8 Å². The van der Waals surface area contributed by atoms with Crippen molar-refractivity contribution >= 4 is 23.6 Å². The molecule has 0 aliphatic rings. The third-order valence-corrected chi connectivity index (χ3v) is 3.23. The number of rotatable bonds is 7. The summed E-state index contributed by atoms with van der Waals surface area (Å²) in [6.07, 6.45) is 2.86. The van der Waals surface area contributed by atoms with Gasteiger partial charge in [-0.2, -0.15) is 0 Å². The van der Waals surface area contributed by atoms with Crippen molar-refractivity contribution in [1.82, 2.24) is 10.3 Å². The minimum atomic E-state index is -1.44. The van der Waals surface area contributed by atoms with Gasteiger partial charge in [0.1, 0.15) is 0 Å². The number of carboxylic acids is 1. The third-order valence-electron chi connectivity index (χ3n) is 2.22. The monoisotopic (exact) mass is 284 g/mol. The summed E-state index contributed by atoms with van der Waals surface area (Å²) >= 11 is 1.34. The van der Waals surface area contributed by atoms with Crippen LogP contribution in [0, 0.1) is 0 Å². The number of hydrogen-bond acceptors (Lipinski definition) is 5. The summed E-state index contributed by atoms with van der Waals surface area (Å²) in [6, 6.07) is 3.58. The summed E-state index contributed by atoms with van der Waals surface area (Å²) in [5, 5.41) is 20.8. The lowest BCUT2D eigenvalue weighted by Gasteiger charge is -2.21. The van der Waals surface area contributed by atoms with E-state index in [1.165, 1.54) is 18.7 Å². The molecule has 1 rings (SSSR count). The number of aliphatic hydroxyl groups is 1. The number of hydrogen-bond donors (Lipinski definition) is 3. The van der Waals surface area contributed by atoms with E-state index in [4.69, 9.17) is 5.11 Å². The summed E-state index contributed by atoms with van der Waals surface area (Å²) in [7, 11) is 0. The number of pyridine rings is 1. The fraction of sp³-hybridized carbons (Fsp3) is 0.417. The van der Waals surface area contributed by atoms with E-state index in [1.807, 2.05) is 0 Å². The number of carbonyl (C=O) groups excluding carboxylic acids is 1. The number of nitrogens with zero attached hydrogens (tertiary/aromatic N) is 1.